The Balaban J connectivity index is 2.25. The van der Waals surface area contributed by atoms with Crippen molar-refractivity contribution >= 4 is 11.6 Å². The first kappa shape index (κ1) is 14.0. The summed E-state index contributed by atoms with van der Waals surface area (Å²) in [6, 6.07) is 6.33. The Morgan fingerprint density at radius 1 is 1.25 bits per heavy atom. The minimum absolute atomic E-state index is 0.112. The van der Waals surface area contributed by atoms with Crippen LogP contribution in [0.5, 0.6) is 5.75 Å². The number of rotatable bonds is 5. The topological polar surface area (TPSA) is 59.1 Å². The van der Waals surface area contributed by atoms with E-state index in [0.29, 0.717) is 17.4 Å². The molecule has 1 aromatic heterocycles. The van der Waals surface area contributed by atoms with E-state index in [1.54, 1.807) is 20.2 Å². The summed E-state index contributed by atoms with van der Waals surface area (Å²) in [6.45, 7) is 1.93. The maximum absolute atomic E-state index is 13.2. The summed E-state index contributed by atoms with van der Waals surface area (Å²) in [4.78, 5) is 8.24. The highest BCUT2D eigenvalue weighted by atomic mass is 19.1. The molecule has 0 fully saturated rings. The molecule has 0 spiro atoms. The van der Waals surface area contributed by atoms with Crippen LogP contribution in [-0.2, 0) is 0 Å². The van der Waals surface area contributed by atoms with Crippen LogP contribution in [0.4, 0.5) is 16.0 Å². The van der Waals surface area contributed by atoms with Gasteiger partial charge in [0.1, 0.15) is 12.1 Å². The molecule has 5 nitrogen and oxygen atoms in total. The minimum atomic E-state index is -0.262. The van der Waals surface area contributed by atoms with Gasteiger partial charge in [-0.2, -0.15) is 0 Å². The van der Waals surface area contributed by atoms with Gasteiger partial charge in [-0.05, 0) is 24.6 Å². The molecule has 106 valence electrons. The lowest BCUT2D eigenvalue weighted by Crippen LogP contribution is -2.11. The van der Waals surface area contributed by atoms with E-state index >= 15 is 0 Å². The summed E-state index contributed by atoms with van der Waals surface area (Å²) in [6.07, 6.45) is 1.44. The summed E-state index contributed by atoms with van der Waals surface area (Å²) < 4.78 is 18.5. The number of anilines is 2. The molecule has 2 N–H and O–H groups in total. The first-order valence-corrected chi connectivity index (χ1v) is 6.24. The van der Waals surface area contributed by atoms with Crippen molar-refractivity contribution in [3.63, 3.8) is 0 Å². The molecule has 0 radical (unpaired) electrons. The van der Waals surface area contributed by atoms with Gasteiger partial charge >= 0.3 is 0 Å². The second kappa shape index (κ2) is 6.18. The van der Waals surface area contributed by atoms with Crippen LogP contribution in [0.3, 0.4) is 0 Å². The second-order valence-electron chi connectivity index (χ2n) is 4.28. The van der Waals surface area contributed by atoms with E-state index in [-0.39, 0.29) is 11.9 Å². The molecule has 1 heterocycles. The molecule has 0 aliphatic heterocycles. The van der Waals surface area contributed by atoms with Crippen LogP contribution in [0, 0.1) is 5.82 Å². The molecule has 0 aliphatic rings. The number of nitrogens with one attached hydrogen (secondary N) is 2. The second-order valence-corrected chi connectivity index (χ2v) is 4.28. The zero-order valence-corrected chi connectivity index (χ0v) is 11.6. The van der Waals surface area contributed by atoms with Gasteiger partial charge in [-0.25, -0.2) is 14.4 Å². The van der Waals surface area contributed by atoms with Crippen molar-refractivity contribution in [2.45, 2.75) is 13.0 Å². The van der Waals surface area contributed by atoms with Crippen LogP contribution in [0.15, 0.2) is 30.6 Å². The van der Waals surface area contributed by atoms with Crippen molar-refractivity contribution in [2.24, 2.45) is 0 Å². The normalized spacial score (nSPS) is 11.8. The van der Waals surface area contributed by atoms with E-state index < -0.39 is 0 Å². The van der Waals surface area contributed by atoms with Gasteiger partial charge in [-0.1, -0.05) is 12.1 Å². The molecular formula is C14H17FN4O. The van der Waals surface area contributed by atoms with Crippen LogP contribution in [0.2, 0.25) is 0 Å². The van der Waals surface area contributed by atoms with Crippen molar-refractivity contribution in [1.29, 1.82) is 0 Å². The van der Waals surface area contributed by atoms with Gasteiger partial charge < -0.3 is 15.4 Å². The first-order valence-electron chi connectivity index (χ1n) is 6.24. The number of nitrogens with zero attached hydrogens (tertiary/aromatic N) is 2. The smallest absolute Gasteiger partial charge is 0.204 e. The third-order valence-corrected chi connectivity index (χ3v) is 2.95. The number of hydrogen-bond acceptors (Lipinski definition) is 5. The molecule has 1 atom stereocenters. The highest BCUT2D eigenvalue weighted by molar-refractivity contribution is 5.63. The van der Waals surface area contributed by atoms with Crippen LogP contribution in [0.25, 0.3) is 0 Å². The average Bonchev–Trinajstić information content (AvgIpc) is 2.46. The average molecular weight is 276 g/mol. The molecule has 0 aliphatic carbocycles. The van der Waals surface area contributed by atoms with Crippen LogP contribution in [0.1, 0.15) is 18.5 Å². The van der Waals surface area contributed by atoms with Crippen LogP contribution < -0.4 is 15.4 Å². The largest absolute Gasteiger partial charge is 0.490 e. The summed E-state index contributed by atoms with van der Waals surface area (Å²) in [7, 11) is 3.31. The van der Waals surface area contributed by atoms with Gasteiger partial charge in [0.2, 0.25) is 5.75 Å². The highest BCUT2D eigenvalue weighted by Gasteiger charge is 2.14. The zero-order valence-electron chi connectivity index (χ0n) is 11.6. The van der Waals surface area contributed by atoms with Crippen molar-refractivity contribution in [1.82, 2.24) is 9.97 Å². The zero-order chi connectivity index (χ0) is 14.5. The predicted octanol–water partition coefficient (Wildman–Crippen LogP) is 2.84. The molecule has 0 bridgehead atoms. The molecule has 6 heteroatoms. The number of benzene rings is 1. The number of methoxy groups -OCH3 is 1. The summed E-state index contributed by atoms with van der Waals surface area (Å²) >= 11 is 0. The van der Waals surface area contributed by atoms with Crippen molar-refractivity contribution < 1.29 is 9.13 Å². The fourth-order valence-electron chi connectivity index (χ4n) is 1.91. The summed E-state index contributed by atoms with van der Waals surface area (Å²) in [5.41, 5.74) is 0.830. The Hall–Kier alpha value is -2.37. The number of aromatic nitrogens is 2. The van der Waals surface area contributed by atoms with Gasteiger partial charge in [0.15, 0.2) is 11.6 Å². The lowest BCUT2D eigenvalue weighted by Gasteiger charge is -2.18. The summed E-state index contributed by atoms with van der Waals surface area (Å²) in [5.74, 6) is 1.42. The van der Waals surface area contributed by atoms with Gasteiger partial charge in [0.25, 0.3) is 0 Å². The van der Waals surface area contributed by atoms with Gasteiger partial charge in [0, 0.05) is 7.05 Å². The SMILES string of the molecule is CNc1ncnc(NC(C)c2cccc(F)c2)c1OC. The first-order chi connectivity index (χ1) is 9.65. The molecule has 0 amide bonds. The molecule has 2 aromatic rings. The summed E-state index contributed by atoms with van der Waals surface area (Å²) in [5, 5.41) is 6.13. The molecule has 1 aromatic carbocycles. The third kappa shape index (κ3) is 2.96. The standard InChI is InChI=1S/C14H17FN4O/c1-9(10-5-4-6-11(15)7-10)19-14-12(20-3)13(16-2)17-8-18-14/h4-9H,1-3H3,(H2,16,17,18,19). The number of halogens is 1. The van der Waals surface area contributed by atoms with Crippen molar-refractivity contribution in [2.75, 3.05) is 24.8 Å². The molecule has 20 heavy (non-hydrogen) atoms. The van der Waals surface area contributed by atoms with Gasteiger partial charge in [-0.3, -0.25) is 0 Å². The van der Waals surface area contributed by atoms with E-state index in [4.69, 9.17) is 4.74 Å². The Bertz CT molecular complexity index is 591. The maximum atomic E-state index is 13.2. The fraction of sp³-hybridized carbons (Fsp3) is 0.286. The van der Waals surface area contributed by atoms with E-state index in [2.05, 4.69) is 20.6 Å². The van der Waals surface area contributed by atoms with Gasteiger partial charge in [-0.15, -0.1) is 0 Å². The minimum Gasteiger partial charge on any atom is -0.490 e. The third-order valence-electron chi connectivity index (χ3n) is 2.95. The lowest BCUT2D eigenvalue weighted by molar-refractivity contribution is 0.414. The predicted molar refractivity (Wildman–Crippen MR) is 76.6 cm³/mol. The van der Waals surface area contributed by atoms with Crippen LogP contribution >= 0.6 is 0 Å². The Morgan fingerprint density at radius 2 is 2.00 bits per heavy atom. The van der Waals surface area contributed by atoms with Crippen LogP contribution in [-0.4, -0.2) is 24.1 Å². The Labute approximate surface area is 117 Å². The van der Waals surface area contributed by atoms with E-state index in [0.717, 1.165) is 5.56 Å². The maximum Gasteiger partial charge on any atom is 0.204 e. The Morgan fingerprint density at radius 3 is 2.65 bits per heavy atom. The van der Waals surface area contributed by atoms with E-state index in [1.165, 1.54) is 18.5 Å². The van der Waals surface area contributed by atoms with Crippen molar-refractivity contribution in [3.05, 3.63) is 42.0 Å². The molecule has 1 unspecified atom stereocenters. The molecular weight excluding hydrogens is 259 g/mol. The number of ether oxygens (including phenoxy) is 1. The lowest BCUT2D eigenvalue weighted by atomic mass is 10.1. The molecule has 2 rings (SSSR count). The van der Waals surface area contributed by atoms with Crippen molar-refractivity contribution in [3.8, 4) is 5.75 Å². The molecule has 0 saturated heterocycles. The quantitative estimate of drug-likeness (QED) is 0.879. The Kier molecular flexibility index (Phi) is 4.34. The van der Waals surface area contributed by atoms with E-state index in [1.807, 2.05) is 13.0 Å². The number of hydrogen-bond donors (Lipinski definition) is 2. The fourth-order valence-corrected chi connectivity index (χ4v) is 1.91. The molecule has 0 saturated carbocycles. The monoisotopic (exact) mass is 276 g/mol. The highest BCUT2D eigenvalue weighted by Crippen LogP contribution is 2.31. The van der Waals surface area contributed by atoms with E-state index in [9.17, 15) is 4.39 Å². The van der Waals surface area contributed by atoms with Gasteiger partial charge in [0.05, 0.1) is 13.2 Å².